The Morgan fingerprint density at radius 1 is 1.18 bits per heavy atom. The van der Waals surface area contributed by atoms with Crippen molar-refractivity contribution in [3.63, 3.8) is 0 Å². The van der Waals surface area contributed by atoms with Crippen LogP contribution in [-0.4, -0.2) is 84.5 Å². The lowest BCUT2D eigenvalue weighted by atomic mass is 10.1. The quantitative estimate of drug-likeness (QED) is 0.410. The molecule has 1 saturated heterocycles. The molecule has 0 radical (unpaired) electrons. The summed E-state index contributed by atoms with van der Waals surface area (Å²) >= 11 is 1.74. The summed E-state index contributed by atoms with van der Waals surface area (Å²) in [5.74, 6) is 0.501. The number of benzene rings is 1. The molecular weight excluding hydrogens is 534 g/mol. The van der Waals surface area contributed by atoms with Gasteiger partial charge in [0.25, 0.3) is 0 Å². The molecule has 0 saturated carbocycles. The van der Waals surface area contributed by atoms with Crippen LogP contribution in [0.25, 0.3) is 16.2 Å². The molecule has 8 nitrogen and oxygen atoms in total. The molecule has 0 atom stereocenters. The first-order valence-corrected chi connectivity index (χ1v) is 14.0. The number of nitrogens with zero attached hydrogens (tertiary/aromatic N) is 4. The topological polar surface area (TPSA) is 78.0 Å². The molecule has 208 valence electrons. The standard InChI is InChI=1S/C29H35N5O3S.ClH/c1-21-24-6-3-4-7-25(24)38-26(21)19-32(2)28(36)9-8-22-16-23-18-34(20-27(35)31-29(23)30-17-22)11-5-10-33-12-14-37-15-13-33;/h3-4,6-9,16-17H,5,10-15,18-20H2,1-2H3,(H,30,31,35);1H/b9-8+;. The number of anilines is 1. The molecule has 1 N–H and O–H groups in total. The number of hydrogen-bond acceptors (Lipinski definition) is 7. The zero-order valence-electron chi connectivity index (χ0n) is 22.5. The van der Waals surface area contributed by atoms with E-state index in [-0.39, 0.29) is 24.2 Å². The smallest absolute Gasteiger partial charge is 0.246 e. The lowest BCUT2D eigenvalue weighted by Gasteiger charge is -2.27. The fourth-order valence-corrected chi connectivity index (χ4v) is 6.25. The van der Waals surface area contributed by atoms with Crippen molar-refractivity contribution in [2.75, 3.05) is 58.3 Å². The van der Waals surface area contributed by atoms with E-state index in [4.69, 9.17) is 4.74 Å². The van der Waals surface area contributed by atoms with Crippen molar-refractivity contribution >= 4 is 57.5 Å². The number of likely N-dealkylation sites (N-methyl/N-ethyl adjacent to an activating group) is 1. The Kier molecular flexibility index (Phi) is 10.1. The summed E-state index contributed by atoms with van der Waals surface area (Å²) in [5.41, 5.74) is 3.04. The maximum atomic E-state index is 12.9. The number of amides is 2. The Labute approximate surface area is 240 Å². The van der Waals surface area contributed by atoms with Gasteiger partial charge in [0.15, 0.2) is 0 Å². The van der Waals surface area contributed by atoms with Crippen molar-refractivity contribution in [3.05, 3.63) is 64.2 Å². The highest BCUT2D eigenvalue weighted by Gasteiger charge is 2.21. The van der Waals surface area contributed by atoms with Crippen LogP contribution in [-0.2, 0) is 27.4 Å². The van der Waals surface area contributed by atoms with E-state index in [2.05, 4.69) is 39.2 Å². The van der Waals surface area contributed by atoms with Gasteiger partial charge < -0.3 is 15.0 Å². The van der Waals surface area contributed by atoms with Gasteiger partial charge in [0.05, 0.1) is 26.3 Å². The number of halogens is 1. The third kappa shape index (κ3) is 7.43. The Hall–Kier alpha value is -2.82. The van der Waals surface area contributed by atoms with Crippen LogP contribution in [0.3, 0.4) is 0 Å². The highest BCUT2D eigenvalue weighted by atomic mass is 35.5. The largest absolute Gasteiger partial charge is 0.379 e. The van der Waals surface area contributed by atoms with Gasteiger partial charge >= 0.3 is 0 Å². The third-order valence-corrected chi connectivity index (χ3v) is 8.43. The van der Waals surface area contributed by atoms with Gasteiger partial charge in [0.1, 0.15) is 5.82 Å². The third-order valence-electron chi connectivity index (χ3n) is 7.18. The number of ether oxygens (including phenoxy) is 1. The molecular formula is C29H36ClN5O3S. The number of thiophene rings is 1. The summed E-state index contributed by atoms with van der Waals surface area (Å²) in [4.78, 5) is 37.3. The molecule has 2 aliphatic heterocycles. The first kappa shape index (κ1) is 29.2. The highest BCUT2D eigenvalue weighted by molar-refractivity contribution is 7.19. The van der Waals surface area contributed by atoms with Gasteiger partial charge in [0.2, 0.25) is 11.8 Å². The average molecular weight is 570 g/mol. The van der Waals surface area contributed by atoms with Crippen LogP contribution in [0.5, 0.6) is 0 Å². The minimum Gasteiger partial charge on any atom is -0.379 e. The number of carbonyl (C=O) groups excluding carboxylic acids is 2. The summed E-state index contributed by atoms with van der Waals surface area (Å²) in [7, 11) is 1.83. The van der Waals surface area contributed by atoms with Crippen molar-refractivity contribution in [2.45, 2.75) is 26.4 Å². The fraction of sp³-hybridized carbons (Fsp3) is 0.414. The van der Waals surface area contributed by atoms with Crippen molar-refractivity contribution in [1.82, 2.24) is 19.7 Å². The normalized spacial score (nSPS) is 16.5. The van der Waals surface area contributed by atoms with E-state index < -0.39 is 0 Å². The summed E-state index contributed by atoms with van der Waals surface area (Å²) < 4.78 is 6.67. The molecule has 2 amide bonds. The Morgan fingerprint density at radius 2 is 1.95 bits per heavy atom. The molecule has 0 bridgehead atoms. The average Bonchev–Trinajstić information content (AvgIpc) is 3.13. The van der Waals surface area contributed by atoms with Gasteiger partial charge in [-0.15, -0.1) is 23.7 Å². The molecule has 5 rings (SSSR count). The number of rotatable bonds is 8. The summed E-state index contributed by atoms with van der Waals surface area (Å²) in [5, 5.41) is 4.18. The highest BCUT2D eigenvalue weighted by Crippen LogP contribution is 2.31. The van der Waals surface area contributed by atoms with Gasteiger partial charge in [-0.3, -0.25) is 19.4 Å². The van der Waals surface area contributed by atoms with Crippen molar-refractivity contribution < 1.29 is 14.3 Å². The van der Waals surface area contributed by atoms with Crippen LogP contribution < -0.4 is 5.32 Å². The monoisotopic (exact) mass is 569 g/mol. The molecule has 10 heteroatoms. The Balaban J connectivity index is 0.00000353. The molecule has 0 aliphatic carbocycles. The second-order valence-electron chi connectivity index (χ2n) is 10.0. The zero-order chi connectivity index (χ0) is 26.5. The number of carbonyl (C=O) groups is 2. The molecule has 1 aromatic carbocycles. The van der Waals surface area contributed by atoms with E-state index in [0.29, 0.717) is 25.5 Å². The second-order valence-corrected chi connectivity index (χ2v) is 11.2. The molecule has 2 aliphatic rings. The number of fused-ring (bicyclic) bond motifs is 2. The van der Waals surface area contributed by atoms with E-state index in [1.807, 2.05) is 25.2 Å². The first-order valence-electron chi connectivity index (χ1n) is 13.2. The second kappa shape index (κ2) is 13.5. The molecule has 1 fully saturated rings. The van der Waals surface area contributed by atoms with Gasteiger partial charge in [-0.2, -0.15) is 0 Å². The van der Waals surface area contributed by atoms with Crippen molar-refractivity contribution in [1.29, 1.82) is 0 Å². The predicted octanol–water partition coefficient (Wildman–Crippen LogP) is 4.17. The lowest BCUT2D eigenvalue weighted by molar-refractivity contribution is -0.125. The molecule has 39 heavy (non-hydrogen) atoms. The number of nitrogens with one attached hydrogen (secondary N) is 1. The van der Waals surface area contributed by atoms with Crippen LogP contribution in [0.2, 0.25) is 0 Å². The maximum Gasteiger partial charge on any atom is 0.246 e. The fourth-order valence-electron chi connectivity index (χ4n) is 4.99. The zero-order valence-corrected chi connectivity index (χ0v) is 24.2. The minimum atomic E-state index is -0.0603. The van der Waals surface area contributed by atoms with Gasteiger partial charge in [-0.25, -0.2) is 4.98 Å². The van der Waals surface area contributed by atoms with E-state index in [1.54, 1.807) is 34.6 Å². The van der Waals surface area contributed by atoms with Gasteiger partial charge in [-0.1, -0.05) is 18.2 Å². The maximum absolute atomic E-state index is 12.9. The van der Waals surface area contributed by atoms with Gasteiger partial charge in [0, 0.05) is 60.6 Å². The van der Waals surface area contributed by atoms with Gasteiger partial charge in [-0.05, 0) is 54.6 Å². The van der Waals surface area contributed by atoms with Crippen molar-refractivity contribution in [3.8, 4) is 0 Å². The minimum absolute atomic E-state index is 0. The summed E-state index contributed by atoms with van der Waals surface area (Å²) in [6, 6.07) is 10.4. The van der Waals surface area contributed by atoms with Crippen LogP contribution in [0, 0.1) is 6.92 Å². The molecule has 0 unspecified atom stereocenters. The first-order chi connectivity index (χ1) is 18.5. The van der Waals surface area contributed by atoms with E-state index in [9.17, 15) is 9.59 Å². The Bertz CT molecular complexity index is 1340. The van der Waals surface area contributed by atoms with Crippen molar-refractivity contribution in [2.24, 2.45) is 0 Å². The van der Waals surface area contributed by atoms with Crippen LogP contribution in [0.15, 0.2) is 42.6 Å². The predicted molar refractivity (Wildman–Crippen MR) is 159 cm³/mol. The SMILES string of the molecule is Cc1c(CN(C)C(=O)/C=C/c2cnc3c(c2)CN(CCCN2CCOCC2)CC(=O)N3)sc2ccccc12.Cl. The molecule has 0 spiro atoms. The van der Waals surface area contributed by atoms with Crippen LogP contribution >= 0.6 is 23.7 Å². The number of morpholine rings is 1. The summed E-state index contributed by atoms with van der Waals surface area (Å²) in [6.45, 7) is 9.07. The number of aromatic nitrogens is 1. The number of hydrogen-bond donors (Lipinski definition) is 1. The number of aryl methyl sites for hydroxylation is 1. The van der Waals surface area contributed by atoms with E-state index in [0.717, 1.165) is 56.9 Å². The van der Waals surface area contributed by atoms with E-state index >= 15 is 0 Å². The van der Waals surface area contributed by atoms with Crippen LogP contribution in [0.4, 0.5) is 5.82 Å². The summed E-state index contributed by atoms with van der Waals surface area (Å²) in [6.07, 6.45) is 6.10. The molecule has 3 aromatic rings. The van der Waals surface area contributed by atoms with Crippen LogP contribution in [0.1, 0.15) is 28.0 Å². The lowest BCUT2D eigenvalue weighted by Crippen LogP contribution is -2.38. The Morgan fingerprint density at radius 3 is 2.74 bits per heavy atom. The molecule has 4 heterocycles. The van der Waals surface area contributed by atoms with E-state index in [1.165, 1.54) is 20.5 Å². The molecule has 2 aromatic heterocycles. The number of pyridine rings is 1.